The van der Waals surface area contributed by atoms with Crippen LogP contribution in [0.2, 0.25) is 0 Å². The van der Waals surface area contributed by atoms with Gasteiger partial charge in [0.25, 0.3) is 5.91 Å². The number of benzene rings is 3. The summed E-state index contributed by atoms with van der Waals surface area (Å²) in [4.78, 5) is 26.4. The fourth-order valence-corrected chi connectivity index (χ4v) is 4.33. The molecule has 0 aliphatic carbocycles. The van der Waals surface area contributed by atoms with Crippen LogP contribution in [0, 0.1) is 0 Å². The van der Waals surface area contributed by atoms with E-state index < -0.39 is 0 Å². The summed E-state index contributed by atoms with van der Waals surface area (Å²) in [7, 11) is 1.06. The normalized spacial score (nSPS) is 14.5. The van der Waals surface area contributed by atoms with E-state index in [1.807, 2.05) is 53.4 Å². The van der Waals surface area contributed by atoms with Crippen molar-refractivity contribution in [3.63, 3.8) is 0 Å². The van der Waals surface area contributed by atoms with Crippen LogP contribution in [0.1, 0.15) is 47.2 Å². The maximum Gasteiger partial charge on any atom is 0.326 e. The maximum atomic E-state index is 13.3. The molecule has 0 atom stereocenters. The summed E-state index contributed by atoms with van der Waals surface area (Å²) in [6.45, 7) is 3.48. The summed E-state index contributed by atoms with van der Waals surface area (Å²) in [6.07, 6.45) is 1.82. The number of likely N-dealkylation sites (tertiary alicyclic amines) is 1. The lowest BCUT2D eigenvalue weighted by molar-refractivity contribution is -0.119. The topological polar surface area (TPSA) is 69.6 Å². The lowest BCUT2D eigenvalue weighted by atomic mass is 9.86. The summed E-state index contributed by atoms with van der Waals surface area (Å²) >= 11 is 0. The number of nitrogens with one attached hydrogen (secondary N) is 1. The largest absolute Gasteiger partial charge is 0.450 e. The lowest BCUT2D eigenvalue weighted by Gasteiger charge is -2.32. The minimum atomic E-state index is -0.0327. The van der Waals surface area contributed by atoms with E-state index in [1.165, 1.54) is 12.5 Å². The van der Waals surface area contributed by atoms with E-state index in [0.717, 1.165) is 36.7 Å². The summed E-state index contributed by atoms with van der Waals surface area (Å²) in [5.41, 5.74) is 3.73. The first-order valence-electron chi connectivity index (χ1n) is 10.7. The van der Waals surface area contributed by atoms with Crippen molar-refractivity contribution in [2.45, 2.75) is 32.2 Å². The van der Waals surface area contributed by atoms with Gasteiger partial charge in [0, 0.05) is 32.1 Å². The molecule has 1 radical (unpaired) electrons. The van der Waals surface area contributed by atoms with Crippen LogP contribution < -0.4 is 10.8 Å². The second-order valence-corrected chi connectivity index (χ2v) is 8.14. The summed E-state index contributed by atoms with van der Waals surface area (Å²) in [6, 6.07) is 19.7. The van der Waals surface area contributed by atoms with Gasteiger partial charge in [-0.2, -0.15) is 0 Å². The number of fused-ring (bicyclic) bond motifs is 1. The molecule has 2 N–H and O–H groups in total. The van der Waals surface area contributed by atoms with Crippen molar-refractivity contribution in [2.75, 3.05) is 13.1 Å². The number of rotatable bonds is 5. The van der Waals surface area contributed by atoms with Gasteiger partial charge in [0.2, 0.25) is 5.91 Å². The van der Waals surface area contributed by atoms with Gasteiger partial charge < -0.3 is 15.2 Å². The highest BCUT2D eigenvalue weighted by atomic mass is 16.2. The smallest absolute Gasteiger partial charge is 0.326 e. The molecule has 0 aromatic heterocycles. The second-order valence-electron chi connectivity index (χ2n) is 8.14. The third-order valence-corrected chi connectivity index (χ3v) is 6.03. The van der Waals surface area contributed by atoms with Gasteiger partial charge in [0.15, 0.2) is 0 Å². The van der Waals surface area contributed by atoms with E-state index in [4.69, 9.17) is 0 Å². The van der Waals surface area contributed by atoms with Crippen LogP contribution in [0.4, 0.5) is 0 Å². The summed E-state index contributed by atoms with van der Waals surface area (Å²) in [5, 5.41) is 14.0. The van der Waals surface area contributed by atoms with Gasteiger partial charge >= 0.3 is 7.48 Å². The van der Waals surface area contributed by atoms with Gasteiger partial charge in [-0.25, -0.2) is 0 Å². The van der Waals surface area contributed by atoms with Crippen molar-refractivity contribution in [1.82, 2.24) is 10.2 Å². The van der Waals surface area contributed by atoms with E-state index in [0.29, 0.717) is 36.6 Å². The van der Waals surface area contributed by atoms with Crippen LogP contribution in [0.5, 0.6) is 0 Å². The van der Waals surface area contributed by atoms with E-state index in [2.05, 4.69) is 17.4 Å². The van der Waals surface area contributed by atoms with Gasteiger partial charge in [-0.1, -0.05) is 60.1 Å². The monoisotopic (exact) mass is 413 g/mol. The molecule has 0 bridgehead atoms. The van der Waals surface area contributed by atoms with Gasteiger partial charge in [-0.15, -0.1) is 0 Å². The Balaban J connectivity index is 1.46. The molecule has 1 saturated heterocycles. The van der Waals surface area contributed by atoms with Crippen LogP contribution in [-0.4, -0.2) is 42.3 Å². The molecule has 2 amide bonds. The number of amides is 2. The molecule has 1 aliphatic heterocycles. The van der Waals surface area contributed by atoms with Crippen LogP contribution in [0.25, 0.3) is 10.8 Å². The molecule has 4 rings (SSSR count). The van der Waals surface area contributed by atoms with Crippen molar-refractivity contribution in [3.8, 4) is 0 Å². The molecule has 5 nitrogen and oxygen atoms in total. The summed E-state index contributed by atoms with van der Waals surface area (Å²) in [5.74, 6) is 0.414. The average Bonchev–Trinajstić information content (AvgIpc) is 2.82. The zero-order chi connectivity index (χ0) is 21.8. The second kappa shape index (κ2) is 9.35. The number of piperidine rings is 1. The zero-order valence-corrected chi connectivity index (χ0v) is 17.7. The number of carbonyl (C=O) groups is 2. The van der Waals surface area contributed by atoms with Crippen molar-refractivity contribution < 1.29 is 14.6 Å². The Hall–Kier alpha value is -3.12. The highest BCUT2D eigenvalue weighted by molar-refractivity contribution is 6.46. The standard InChI is InChI=1S/C25H26BN2O3/c1-17(29)27-16-18-4-2-6-21(14-18)19-10-12-28(13-11-19)25(30)23-7-3-5-20-8-9-22(26-31)15-24(20)23/h2-9,14-15,19,31H,10-13,16H2,1H3,(H,27,29). The molecule has 6 heteroatoms. The number of hydrogen-bond acceptors (Lipinski definition) is 3. The highest BCUT2D eigenvalue weighted by Gasteiger charge is 2.25. The van der Waals surface area contributed by atoms with Crippen LogP contribution in [-0.2, 0) is 11.3 Å². The molecular formula is C25H26BN2O3. The van der Waals surface area contributed by atoms with Crippen molar-refractivity contribution in [2.24, 2.45) is 0 Å². The zero-order valence-electron chi connectivity index (χ0n) is 17.7. The maximum absolute atomic E-state index is 13.3. The van der Waals surface area contributed by atoms with E-state index in [-0.39, 0.29) is 11.8 Å². The van der Waals surface area contributed by atoms with Crippen molar-refractivity contribution in [3.05, 3.63) is 77.4 Å². The first-order chi connectivity index (χ1) is 15.0. The third kappa shape index (κ3) is 4.80. The minimum Gasteiger partial charge on any atom is -0.450 e. The van der Waals surface area contributed by atoms with Gasteiger partial charge in [-0.05, 0) is 46.7 Å². The summed E-state index contributed by atoms with van der Waals surface area (Å²) < 4.78 is 0. The molecular weight excluding hydrogens is 387 g/mol. The Morgan fingerprint density at radius 3 is 2.58 bits per heavy atom. The van der Waals surface area contributed by atoms with Gasteiger partial charge in [-0.3, -0.25) is 9.59 Å². The fraction of sp³-hybridized carbons (Fsp3) is 0.280. The van der Waals surface area contributed by atoms with E-state index in [9.17, 15) is 14.6 Å². The molecule has 3 aromatic carbocycles. The molecule has 1 fully saturated rings. The molecule has 0 saturated carbocycles. The van der Waals surface area contributed by atoms with Crippen LogP contribution >= 0.6 is 0 Å². The number of nitrogens with zero attached hydrogens (tertiary/aromatic N) is 1. The van der Waals surface area contributed by atoms with Crippen LogP contribution in [0.3, 0.4) is 0 Å². The Morgan fingerprint density at radius 1 is 1.06 bits per heavy atom. The Kier molecular flexibility index (Phi) is 6.38. The van der Waals surface area contributed by atoms with Crippen LogP contribution in [0.15, 0.2) is 60.7 Å². The minimum absolute atomic E-state index is 0.0327. The third-order valence-electron chi connectivity index (χ3n) is 6.03. The fourth-order valence-electron chi connectivity index (χ4n) is 4.33. The Labute approximate surface area is 183 Å². The predicted octanol–water partition coefficient (Wildman–Crippen LogP) is 2.73. The molecule has 1 aliphatic rings. The van der Waals surface area contributed by atoms with E-state index in [1.54, 1.807) is 0 Å². The quantitative estimate of drug-likeness (QED) is 0.632. The molecule has 3 aromatic rings. The number of carbonyl (C=O) groups excluding carboxylic acids is 2. The molecule has 0 spiro atoms. The predicted molar refractivity (Wildman–Crippen MR) is 123 cm³/mol. The highest BCUT2D eigenvalue weighted by Crippen LogP contribution is 2.30. The van der Waals surface area contributed by atoms with Crippen molar-refractivity contribution >= 4 is 35.5 Å². The molecule has 157 valence electrons. The average molecular weight is 413 g/mol. The lowest BCUT2D eigenvalue weighted by Crippen LogP contribution is -2.38. The molecule has 1 heterocycles. The first kappa shape index (κ1) is 21.1. The Bertz CT molecular complexity index is 1110. The Morgan fingerprint density at radius 2 is 1.84 bits per heavy atom. The SMILES string of the molecule is CC(=O)NCc1cccc(C2CCN(C(=O)c3cccc4ccc([B]O)cc34)CC2)c1. The van der Waals surface area contributed by atoms with Gasteiger partial charge in [0.05, 0.1) is 0 Å². The van der Waals surface area contributed by atoms with Crippen molar-refractivity contribution in [1.29, 1.82) is 0 Å². The van der Waals surface area contributed by atoms with E-state index >= 15 is 0 Å². The first-order valence-corrected chi connectivity index (χ1v) is 10.7. The molecule has 31 heavy (non-hydrogen) atoms. The molecule has 0 unspecified atom stereocenters. The number of hydrogen-bond donors (Lipinski definition) is 2. The van der Waals surface area contributed by atoms with Gasteiger partial charge in [0.1, 0.15) is 0 Å².